The molecular formula is C27H56N+. The second-order valence-corrected chi connectivity index (χ2v) is 9.95. The Labute approximate surface area is 179 Å². The van der Waals surface area contributed by atoms with Crippen molar-refractivity contribution in [2.75, 3.05) is 26.2 Å². The summed E-state index contributed by atoms with van der Waals surface area (Å²) in [6.07, 6.45) is 30.9. The number of rotatable bonds is 21. The van der Waals surface area contributed by atoms with Gasteiger partial charge in [0.05, 0.1) is 26.2 Å². The normalized spacial score (nSPS) is 16.1. The first-order chi connectivity index (χ1) is 13.8. The molecule has 28 heavy (non-hydrogen) atoms. The number of unbranched alkanes of at least 4 members (excludes halogenated alkanes) is 17. The van der Waals surface area contributed by atoms with Gasteiger partial charge in [-0.3, -0.25) is 0 Å². The Hall–Kier alpha value is -0.0400. The average Bonchev–Trinajstić information content (AvgIpc) is 3.17. The molecule has 0 aromatic heterocycles. The highest BCUT2D eigenvalue weighted by Gasteiger charge is 2.30. The summed E-state index contributed by atoms with van der Waals surface area (Å²) in [5, 5.41) is 0. The molecule has 1 heteroatoms. The molecular weight excluding hydrogens is 338 g/mol. The van der Waals surface area contributed by atoms with Gasteiger partial charge in [-0.05, 0) is 25.7 Å². The second kappa shape index (κ2) is 19.0. The fraction of sp³-hybridized carbons (Fsp3) is 1.00. The van der Waals surface area contributed by atoms with Gasteiger partial charge >= 0.3 is 0 Å². The Morgan fingerprint density at radius 2 is 0.679 bits per heavy atom. The van der Waals surface area contributed by atoms with E-state index in [-0.39, 0.29) is 0 Å². The molecule has 1 fully saturated rings. The number of quaternary nitrogens is 1. The van der Waals surface area contributed by atoms with Crippen LogP contribution < -0.4 is 0 Å². The summed E-state index contributed by atoms with van der Waals surface area (Å²) in [4.78, 5) is 0. The van der Waals surface area contributed by atoms with E-state index in [4.69, 9.17) is 0 Å². The Morgan fingerprint density at radius 1 is 0.393 bits per heavy atom. The molecule has 0 aromatic rings. The summed E-state index contributed by atoms with van der Waals surface area (Å²) in [6, 6.07) is 0. The van der Waals surface area contributed by atoms with Crippen LogP contribution in [0.1, 0.15) is 149 Å². The van der Waals surface area contributed by atoms with Crippen LogP contribution in [0.4, 0.5) is 0 Å². The van der Waals surface area contributed by atoms with Crippen LogP contribution in [0.2, 0.25) is 0 Å². The van der Waals surface area contributed by atoms with E-state index in [0.717, 1.165) is 0 Å². The van der Waals surface area contributed by atoms with Gasteiger partial charge in [-0.1, -0.05) is 110 Å². The van der Waals surface area contributed by atoms with Crippen molar-refractivity contribution in [3.05, 3.63) is 0 Å². The summed E-state index contributed by atoms with van der Waals surface area (Å²) in [5.41, 5.74) is 0. The summed E-state index contributed by atoms with van der Waals surface area (Å²) in [5.74, 6) is 0. The van der Waals surface area contributed by atoms with Crippen molar-refractivity contribution in [1.82, 2.24) is 0 Å². The maximum Gasteiger partial charge on any atom is 0.0788 e. The third-order valence-electron chi connectivity index (χ3n) is 7.24. The van der Waals surface area contributed by atoms with Gasteiger partial charge in [-0.15, -0.1) is 0 Å². The van der Waals surface area contributed by atoms with Gasteiger partial charge in [0.1, 0.15) is 0 Å². The summed E-state index contributed by atoms with van der Waals surface area (Å²) >= 11 is 0. The van der Waals surface area contributed by atoms with Gasteiger partial charge in [0.2, 0.25) is 0 Å². The molecule has 0 spiro atoms. The zero-order valence-corrected chi connectivity index (χ0v) is 20.1. The number of nitrogens with zero attached hydrogens (tertiary/aromatic N) is 1. The van der Waals surface area contributed by atoms with Crippen LogP contribution in [0.25, 0.3) is 0 Å². The topological polar surface area (TPSA) is 0 Å². The standard InChI is InChI=1S/C27H56N/c1-3-5-7-9-11-12-13-14-15-16-17-19-21-25-28(26-22-23-27-28)24-20-18-10-8-6-4-2/h3-27H2,1-2H3/q+1. The van der Waals surface area contributed by atoms with Crippen molar-refractivity contribution in [3.8, 4) is 0 Å². The van der Waals surface area contributed by atoms with Crippen LogP contribution in [0, 0.1) is 0 Å². The van der Waals surface area contributed by atoms with E-state index in [9.17, 15) is 0 Å². The smallest absolute Gasteiger partial charge is 0.0788 e. The molecule has 0 saturated carbocycles. The molecule has 1 nitrogen and oxygen atoms in total. The van der Waals surface area contributed by atoms with E-state index in [1.165, 1.54) is 165 Å². The monoisotopic (exact) mass is 394 g/mol. The number of likely N-dealkylation sites (tertiary alicyclic amines) is 1. The third kappa shape index (κ3) is 14.0. The summed E-state index contributed by atoms with van der Waals surface area (Å²) in [6.45, 7) is 10.6. The van der Waals surface area contributed by atoms with Gasteiger partial charge in [0, 0.05) is 12.8 Å². The van der Waals surface area contributed by atoms with Crippen molar-refractivity contribution < 1.29 is 4.48 Å². The Morgan fingerprint density at radius 3 is 1.00 bits per heavy atom. The van der Waals surface area contributed by atoms with Gasteiger partial charge in [0.15, 0.2) is 0 Å². The Kier molecular flexibility index (Phi) is 17.6. The molecule has 0 N–H and O–H groups in total. The lowest BCUT2D eigenvalue weighted by Gasteiger charge is -2.34. The zero-order valence-electron chi connectivity index (χ0n) is 20.1. The fourth-order valence-corrected chi connectivity index (χ4v) is 5.26. The van der Waals surface area contributed by atoms with Gasteiger partial charge < -0.3 is 4.48 Å². The molecule has 0 bridgehead atoms. The van der Waals surface area contributed by atoms with E-state index in [2.05, 4.69) is 13.8 Å². The van der Waals surface area contributed by atoms with Crippen LogP contribution in [-0.2, 0) is 0 Å². The highest BCUT2D eigenvalue weighted by Crippen LogP contribution is 2.23. The molecule has 168 valence electrons. The Balaban J connectivity index is 1.92. The fourth-order valence-electron chi connectivity index (χ4n) is 5.26. The van der Waals surface area contributed by atoms with Gasteiger partial charge in [0.25, 0.3) is 0 Å². The molecule has 1 saturated heterocycles. The van der Waals surface area contributed by atoms with Crippen molar-refractivity contribution in [2.45, 2.75) is 149 Å². The zero-order chi connectivity index (χ0) is 20.2. The van der Waals surface area contributed by atoms with Crippen LogP contribution in [0.3, 0.4) is 0 Å². The predicted molar refractivity (Wildman–Crippen MR) is 128 cm³/mol. The first-order valence-corrected chi connectivity index (χ1v) is 13.7. The van der Waals surface area contributed by atoms with Crippen LogP contribution in [0.5, 0.6) is 0 Å². The first kappa shape index (κ1) is 26.0. The molecule has 1 aliphatic rings. The summed E-state index contributed by atoms with van der Waals surface area (Å²) < 4.78 is 1.49. The molecule has 0 amide bonds. The molecule has 1 rings (SSSR count). The molecule has 0 aliphatic carbocycles. The molecule has 0 unspecified atom stereocenters. The van der Waals surface area contributed by atoms with E-state index < -0.39 is 0 Å². The predicted octanol–water partition coefficient (Wildman–Crippen LogP) is 9.05. The largest absolute Gasteiger partial charge is 0.324 e. The van der Waals surface area contributed by atoms with Crippen LogP contribution >= 0.6 is 0 Å². The Bertz CT molecular complexity index is 305. The molecule has 1 heterocycles. The maximum absolute atomic E-state index is 2.32. The van der Waals surface area contributed by atoms with E-state index in [0.29, 0.717) is 0 Å². The van der Waals surface area contributed by atoms with Crippen LogP contribution in [-0.4, -0.2) is 30.7 Å². The molecule has 0 radical (unpaired) electrons. The summed E-state index contributed by atoms with van der Waals surface area (Å²) in [7, 11) is 0. The van der Waals surface area contributed by atoms with Crippen molar-refractivity contribution in [3.63, 3.8) is 0 Å². The minimum atomic E-state index is 1.37. The number of hydrogen-bond acceptors (Lipinski definition) is 0. The van der Waals surface area contributed by atoms with E-state index in [1.54, 1.807) is 0 Å². The average molecular weight is 395 g/mol. The molecule has 1 aliphatic heterocycles. The second-order valence-electron chi connectivity index (χ2n) is 9.95. The first-order valence-electron chi connectivity index (χ1n) is 13.7. The molecule has 0 atom stereocenters. The minimum Gasteiger partial charge on any atom is -0.324 e. The molecule has 0 aromatic carbocycles. The quantitative estimate of drug-likeness (QED) is 0.134. The lowest BCUT2D eigenvalue weighted by Crippen LogP contribution is -2.46. The third-order valence-corrected chi connectivity index (χ3v) is 7.24. The van der Waals surface area contributed by atoms with Crippen LogP contribution in [0.15, 0.2) is 0 Å². The maximum atomic E-state index is 2.32. The minimum absolute atomic E-state index is 1.37. The van der Waals surface area contributed by atoms with Crippen molar-refractivity contribution >= 4 is 0 Å². The lowest BCUT2D eigenvalue weighted by molar-refractivity contribution is -0.917. The highest BCUT2D eigenvalue weighted by atomic mass is 15.4. The van der Waals surface area contributed by atoms with E-state index >= 15 is 0 Å². The number of hydrogen-bond donors (Lipinski definition) is 0. The van der Waals surface area contributed by atoms with E-state index in [1.807, 2.05) is 0 Å². The SMILES string of the molecule is CCCCCCCCCCCCCCC[N+]1(CCCCCCCC)CCCC1. The van der Waals surface area contributed by atoms with Gasteiger partial charge in [-0.25, -0.2) is 0 Å². The highest BCUT2D eigenvalue weighted by molar-refractivity contribution is 4.57. The van der Waals surface area contributed by atoms with Crippen molar-refractivity contribution in [1.29, 1.82) is 0 Å². The lowest BCUT2D eigenvalue weighted by atomic mass is 10.0. The van der Waals surface area contributed by atoms with Crippen molar-refractivity contribution in [2.24, 2.45) is 0 Å². The van der Waals surface area contributed by atoms with Gasteiger partial charge in [-0.2, -0.15) is 0 Å².